The Hall–Kier alpha value is -7.55. The predicted molar refractivity (Wildman–Crippen MR) is 239 cm³/mol. The second-order valence-electron chi connectivity index (χ2n) is 14.7. The van der Waals surface area contributed by atoms with Crippen LogP contribution in [0.2, 0.25) is 0 Å². The van der Waals surface area contributed by atoms with Crippen molar-refractivity contribution < 1.29 is 4.42 Å². The SMILES string of the molecule is c1ccc(-c2cccc(-c3cc(-c4cccc(-c5ccc6c7ccccc7c7ccccc7c6c5)c4)cc(-c4cccc(-c5nc6ccccc6o5)c4)c3)c2)cc1. The van der Waals surface area contributed by atoms with Gasteiger partial charge in [-0.05, 0) is 149 Å². The molecule has 0 aliphatic rings. The number of oxazole rings is 1. The standard InChI is InChI=1S/C55H35NO/c1-2-13-36(14-3-1)37-15-10-17-39(29-37)44-32-45(34-46(33-44)41-19-12-20-43(31-41)55-56-53-25-8-9-26-54(53)57-55)40-18-11-16-38(30-40)42-27-28-51-49-23-5-4-21-47(49)48-22-6-7-24-50(48)52(51)35-42/h1-35H. The van der Waals surface area contributed by atoms with Crippen LogP contribution in [0.15, 0.2) is 217 Å². The Bertz CT molecular complexity index is 3230. The summed E-state index contributed by atoms with van der Waals surface area (Å²) in [4.78, 5) is 4.81. The topological polar surface area (TPSA) is 26.0 Å². The fraction of sp³-hybridized carbons (Fsp3) is 0. The molecule has 2 nitrogen and oxygen atoms in total. The molecule has 0 radical (unpaired) electrons. The predicted octanol–water partition coefficient (Wildman–Crippen LogP) is 15.3. The Morgan fingerprint density at radius 1 is 0.246 bits per heavy atom. The molecule has 2 heteroatoms. The van der Waals surface area contributed by atoms with E-state index < -0.39 is 0 Å². The molecule has 1 aromatic heterocycles. The van der Waals surface area contributed by atoms with Gasteiger partial charge in [0.2, 0.25) is 5.89 Å². The Balaban J connectivity index is 1.06. The molecule has 0 N–H and O–H groups in total. The minimum absolute atomic E-state index is 0.619. The molecule has 0 atom stereocenters. The van der Waals surface area contributed by atoms with Crippen LogP contribution in [0.1, 0.15) is 0 Å². The summed E-state index contributed by atoms with van der Waals surface area (Å²) in [5, 5.41) is 7.69. The third kappa shape index (κ3) is 5.96. The molecule has 0 saturated heterocycles. The maximum absolute atomic E-state index is 6.20. The summed E-state index contributed by atoms with van der Waals surface area (Å²) < 4.78 is 6.20. The average molecular weight is 726 g/mol. The van der Waals surface area contributed by atoms with Gasteiger partial charge in [0, 0.05) is 5.56 Å². The van der Waals surface area contributed by atoms with Gasteiger partial charge >= 0.3 is 0 Å². The highest BCUT2D eigenvalue weighted by atomic mass is 16.3. The quantitative estimate of drug-likeness (QED) is 0.160. The lowest BCUT2D eigenvalue weighted by Gasteiger charge is -2.14. The Morgan fingerprint density at radius 3 is 1.21 bits per heavy atom. The fourth-order valence-corrected chi connectivity index (χ4v) is 8.43. The largest absolute Gasteiger partial charge is 0.436 e. The van der Waals surface area contributed by atoms with E-state index in [0.717, 1.165) is 44.5 Å². The zero-order valence-electron chi connectivity index (χ0n) is 31.1. The number of fused-ring (bicyclic) bond motifs is 7. The van der Waals surface area contributed by atoms with Crippen molar-refractivity contribution in [3.05, 3.63) is 212 Å². The summed E-state index contributed by atoms with van der Waals surface area (Å²) >= 11 is 0. The number of hydrogen-bond acceptors (Lipinski definition) is 2. The van der Waals surface area contributed by atoms with Crippen molar-refractivity contribution in [1.29, 1.82) is 0 Å². The second kappa shape index (κ2) is 13.6. The molecule has 0 bridgehead atoms. The highest BCUT2D eigenvalue weighted by Crippen LogP contribution is 2.40. The van der Waals surface area contributed by atoms with Gasteiger partial charge in [0.15, 0.2) is 5.58 Å². The Morgan fingerprint density at radius 2 is 0.632 bits per heavy atom. The molecule has 0 aliphatic carbocycles. The van der Waals surface area contributed by atoms with Crippen LogP contribution in [0.25, 0.3) is 111 Å². The van der Waals surface area contributed by atoms with Crippen molar-refractivity contribution in [2.24, 2.45) is 0 Å². The van der Waals surface area contributed by atoms with Crippen LogP contribution in [0.5, 0.6) is 0 Å². The van der Waals surface area contributed by atoms with Gasteiger partial charge in [-0.2, -0.15) is 0 Å². The zero-order chi connectivity index (χ0) is 37.7. The summed E-state index contributed by atoms with van der Waals surface area (Å²) in [6, 6.07) is 76.3. The van der Waals surface area contributed by atoms with E-state index in [1.807, 2.05) is 24.3 Å². The monoisotopic (exact) mass is 725 g/mol. The Kier molecular flexibility index (Phi) is 7.86. The molecule has 266 valence electrons. The van der Waals surface area contributed by atoms with Crippen molar-refractivity contribution in [3.8, 4) is 67.1 Å². The smallest absolute Gasteiger partial charge is 0.227 e. The molecule has 0 fully saturated rings. The summed E-state index contributed by atoms with van der Waals surface area (Å²) in [6.45, 7) is 0. The fourth-order valence-electron chi connectivity index (χ4n) is 8.43. The zero-order valence-corrected chi connectivity index (χ0v) is 31.1. The first-order valence-electron chi connectivity index (χ1n) is 19.4. The summed E-state index contributed by atoms with van der Waals surface area (Å²) in [7, 11) is 0. The van der Waals surface area contributed by atoms with Gasteiger partial charge in [0.05, 0.1) is 0 Å². The molecule has 11 rings (SSSR count). The van der Waals surface area contributed by atoms with Crippen LogP contribution in [-0.4, -0.2) is 4.98 Å². The van der Waals surface area contributed by atoms with E-state index in [1.54, 1.807) is 0 Å². The number of aromatic nitrogens is 1. The molecule has 0 amide bonds. The minimum Gasteiger partial charge on any atom is -0.436 e. The van der Waals surface area contributed by atoms with Gasteiger partial charge in [0.1, 0.15) is 5.52 Å². The van der Waals surface area contributed by atoms with Gasteiger partial charge in [-0.15, -0.1) is 0 Å². The maximum Gasteiger partial charge on any atom is 0.227 e. The van der Waals surface area contributed by atoms with E-state index in [-0.39, 0.29) is 0 Å². The van der Waals surface area contributed by atoms with Crippen LogP contribution in [-0.2, 0) is 0 Å². The molecule has 0 saturated carbocycles. The van der Waals surface area contributed by atoms with E-state index in [4.69, 9.17) is 9.40 Å². The van der Waals surface area contributed by atoms with E-state index in [9.17, 15) is 0 Å². The molecule has 0 unspecified atom stereocenters. The van der Waals surface area contributed by atoms with E-state index >= 15 is 0 Å². The highest BCUT2D eigenvalue weighted by molar-refractivity contribution is 6.25. The van der Waals surface area contributed by atoms with Gasteiger partial charge in [-0.25, -0.2) is 4.98 Å². The van der Waals surface area contributed by atoms with Gasteiger partial charge < -0.3 is 4.42 Å². The van der Waals surface area contributed by atoms with E-state index in [2.05, 4.69) is 188 Å². The molecule has 10 aromatic carbocycles. The number of hydrogen-bond donors (Lipinski definition) is 0. The molecule has 57 heavy (non-hydrogen) atoms. The number of benzene rings is 10. The third-order valence-corrected chi connectivity index (χ3v) is 11.2. The maximum atomic E-state index is 6.20. The normalized spacial score (nSPS) is 11.5. The summed E-state index contributed by atoms with van der Waals surface area (Å²) in [5.74, 6) is 0.619. The first-order chi connectivity index (χ1) is 28.2. The van der Waals surface area contributed by atoms with Crippen LogP contribution in [0, 0.1) is 0 Å². The van der Waals surface area contributed by atoms with Crippen LogP contribution in [0.4, 0.5) is 0 Å². The van der Waals surface area contributed by atoms with Crippen LogP contribution >= 0.6 is 0 Å². The Labute approximate surface area is 331 Å². The first kappa shape index (κ1) is 32.8. The van der Waals surface area contributed by atoms with Crippen molar-refractivity contribution in [3.63, 3.8) is 0 Å². The van der Waals surface area contributed by atoms with Gasteiger partial charge in [-0.1, -0.05) is 152 Å². The number of rotatable bonds is 6. The number of nitrogens with zero attached hydrogens (tertiary/aromatic N) is 1. The molecule has 0 aliphatic heterocycles. The molecule has 1 heterocycles. The van der Waals surface area contributed by atoms with Crippen molar-refractivity contribution >= 4 is 43.4 Å². The van der Waals surface area contributed by atoms with E-state index in [1.165, 1.54) is 60.1 Å². The van der Waals surface area contributed by atoms with Crippen LogP contribution < -0.4 is 0 Å². The molecular weight excluding hydrogens is 691 g/mol. The minimum atomic E-state index is 0.619. The first-order valence-corrected chi connectivity index (χ1v) is 19.4. The third-order valence-electron chi connectivity index (χ3n) is 11.2. The summed E-state index contributed by atoms with van der Waals surface area (Å²) in [6.07, 6.45) is 0. The lowest BCUT2D eigenvalue weighted by atomic mass is 9.90. The van der Waals surface area contributed by atoms with Crippen molar-refractivity contribution in [1.82, 2.24) is 4.98 Å². The van der Waals surface area contributed by atoms with Gasteiger partial charge in [0.25, 0.3) is 0 Å². The molecular formula is C55H35NO. The number of para-hydroxylation sites is 2. The molecule has 11 aromatic rings. The second-order valence-corrected chi connectivity index (χ2v) is 14.7. The molecule has 0 spiro atoms. The van der Waals surface area contributed by atoms with Crippen molar-refractivity contribution in [2.45, 2.75) is 0 Å². The average Bonchev–Trinajstić information content (AvgIpc) is 3.74. The van der Waals surface area contributed by atoms with Crippen LogP contribution in [0.3, 0.4) is 0 Å². The highest BCUT2D eigenvalue weighted by Gasteiger charge is 2.14. The lowest BCUT2D eigenvalue weighted by Crippen LogP contribution is -1.89. The van der Waals surface area contributed by atoms with E-state index in [0.29, 0.717) is 5.89 Å². The van der Waals surface area contributed by atoms with Crippen molar-refractivity contribution in [2.75, 3.05) is 0 Å². The summed E-state index contributed by atoms with van der Waals surface area (Å²) in [5.41, 5.74) is 14.2. The lowest BCUT2D eigenvalue weighted by molar-refractivity contribution is 0.620. The van der Waals surface area contributed by atoms with Gasteiger partial charge in [-0.3, -0.25) is 0 Å².